The number of nitrogens with zero attached hydrogens (tertiary/aromatic N) is 6. The van der Waals surface area contributed by atoms with Crippen molar-refractivity contribution in [2.45, 2.75) is 0 Å². The fraction of sp³-hybridized carbons (Fsp3) is 0.217. The first-order chi connectivity index (χ1) is 15.3. The van der Waals surface area contributed by atoms with Gasteiger partial charge in [0.1, 0.15) is 11.4 Å². The van der Waals surface area contributed by atoms with Crippen LogP contribution in [-0.2, 0) is 0 Å². The highest BCUT2D eigenvalue weighted by Crippen LogP contribution is 2.30. The van der Waals surface area contributed by atoms with Crippen LogP contribution in [0.2, 0.25) is 0 Å². The topological polar surface area (TPSA) is 80.4 Å². The number of piperazine rings is 1. The first-order valence-electron chi connectivity index (χ1n) is 10.1. The number of aromatic nitrogens is 4. The Morgan fingerprint density at radius 2 is 1.71 bits per heavy atom. The van der Waals surface area contributed by atoms with E-state index in [2.05, 4.69) is 36.9 Å². The Morgan fingerprint density at radius 3 is 2.39 bits per heavy atom. The summed E-state index contributed by atoms with van der Waals surface area (Å²) in [6, 6.07) is 11.9. The zero-order chi connectivity index (χ0) is 21.0. The fourth-order valence-corrected chi connectivity index (χ4v) is 3.71. The average Bonchev–Trinajstić information content (AvgIpc) is 3.39. The molecule has 5 rings (SSSR count). The summed E-state index contributed by atoms with van der Waals surface area (Å²) in [4.78, 5) is 22.6. The van der Waals surface area contributed by atoms with E-state index in [0.717, 1.165) is 37.5 Å². The van der Waals surface area contributed by atoms with Crippen LogP contribution in [0, 0.1) is 0 Å². The molecule has 8 heteroatoms. The van der Waals surface area contributed by atoms with Gasteiger partial charge in [0.05, 0.1) is 25.3 Å². The number of ether oxygens (including phenoxy) is 1. The zero-order valence-corrected chi connectivity index (χ0v) is 17.2. The Hall–Kier alpha value is -3.94. The Labute approximate surface area is 180 Å². The largest absolute Gasteiger partial charge is 0.497 e. The fourth-order valence-electron chi connectivity index (χ4n) is 3.71. The van der Waals surface area contributed by atoms with Gasteiger partial charge in [-0.3, -0.25) is 9.97 Å². The lowest BCUT2D eigenvalue weighted by Gasteiger charge is -2.36. The summed E-state index contributed by atoms with van der Waals surface area (Å²) in [5, 5.41) is 0. The van der Waals surface area contributed by atoms with Crippen molar-refractivity contribution in [3.8, 4) is 28.5 Å². The van der Waals surface area contributed by atoms with Crippen LogP contribution in [0.4, 0.5) is 11.6 Å². The molecule has 0 atom stereocenters. The Morgan fingerprint density at radius 1 is 0.903 bits per heavy atom. The van der Waals surface area contributed by atoms with Crippen LogP contribution in [0.15, 0.2) is 71.9 Å². The highest BCUT2D eigenvalue weighted by molar-refractivity contribution is 5.76. The van der Waals surface area contributed by atoms with Crippen LogP contribution < -0.4 is 14.5 Å². The van der Waals surface area contributed by atoms with Crippen LogP contribution in [0.5, 0.6) is 5.75 Å². The van der Waals surface area contributed by atoms with Gasteiger partial charge in [0.2, 0.25) is 5.95 Å². The molecular formula is C23H22N6O2. The summed E-state index contributed by atoms with van der Waals surface area (Å²) in [5.41, 5.74) is 3.41. The van der Waals surface area contributed by atoms with E-state index in [1.54, 1.807) is 38.2 Å². The first-order valence-corrected chi connectivity index (χ1v) is 10.1. The molecule has 0 spiro atoms. The minimum atomic E-state index is 0.682. The Kier molecular flexibility index (Phi) is 5.18. The standard InChI is InChI=1S/C23H22N6O2/c1-30-18-6-4-17(5-7-18)28-10-12-29(13-11-28)23-26-15-19(20-16-24-8-9-25-20)22(27-23)21-3-2-14-31-21/h2-9,14-16H,10-13H2,1H3. The molecule has 1 aliphatic rings. The molecule has 4 heterocycles. The molecule has 0 N–H and O–H groups in total. The molecule has 1 aliphatic heterocycles. The Balaban J connectivity index is 1.38. The van der Waals surface area contributed by atoms with Gasteiger partial charge < -0.3 is 19.0 Å². The van der Waals surface area contributed by atoms with E-state index in [9.17, 15) is 0 Å². The smallest absolute Gasteiger partial charge is 0.226 e. The van der Waals surface area contributed by atoms with E-state index in [-0.39, 0.29) is 0 Å². The Bertz CT molecular complexity index is 1120. The van der Waals surface area contributed by atoms with E-state index >= 15 is 0 Å². The lowest BCUT2D eigenvalue weighted by Crippen LogP contribution is -2.47. The third kappa shape index (κ3) is 3.92. The molecule has 1 fully saturated rings. The second-order valence-electron chi connectivity index (χ2n) is 7.17. The van der Waals surface area contributed by atoms with E-state index in [1.807, 2.05) is 24.3 Å². The molecule has 0 aliphatic carbocycles. The van der Waals surface area contributed by atoms with Crippen molar-refractivity contribution in [2.24, 2.45) is 0 Å². The van der Waals surface area contributed by atoms with Crippen molar-refractivity contribution in [1.29, 1.82) is 0 Å². The van der Waals surface area contributed by atoms with Crippen molar-refractivity contribution in [3.63, 3.8) is 0 Å². The van der Waals surface area contributed by atoms with Gasteiger partial charge in [-0.15, -0.1) is 0 Å². The summed E-state index contributed by atoms with van der Waals surface area (Å²) in [6.45, 7) is 3.43. The predicted octanol–water partition coefficient (Wildman–Crippen LogP) is 3.53. The van der Waals surface area contributed by atoms with Gasteiger partial charge in [0.15, 0.2) is 5.76 Å². The summed E-state index contributed by atoms with van der Waals surface area (Å²) in [7, 11) is 1.68. The zero-order valence-electron chi connectivity index (χ0n) is 17.2. The molecule has 1 saturated heterocycles. The second-order valence-corrected chi connectivity index (χ2v) is 7.17. The highest BCUT2D eigenvalue weighted by Gasteiger charge is 2.22. The summed E-state index contributed by atoms with van der Waals surface area (Å²) >= 11 is 0. The molecular weight excluding hydrogens is 392 g/mol. The summed E-state index contributed by atoms with van der Waals surface area (Å²) < 4.78 is 10.9. The van der Waals surface area contributed by atoms with E-state index in [0.29, 0.717) is 23.1 Å². The maximum absolute atomic E-state index is 5.64. The predicted molar refractivity (Wildman–Crippen MR) is 118 cm³/mol. The average molecular weight is 414 g/mol. The number of furan rings is 1. The third-order valence-electron chi connectivity index (χ3n) is 5.37. The summed E-state index contributed by atoms with van der Waals surface area (Å²) in [5.74, 6) is 2.24. The van der Waals surface area contributed by atoms with Crippen LogP contribution in [-0.4, -0.2) is 53.2 Å². The number of methoxy groups -OCH3 is 1. The first kappa shape index (κ1) is 19.0. The summed E-state index contributed by atoms with van der Waals surface area (Å²) in [6.07, 6.45) is 8.46. The van der Waals surface area contributed by atoms with Gasteiger partial charge in [-0.2, -0.15) is 0 Å². The molecule has 0 radical (unpaired) electrons. The van der Waals surface area contributed by atoms with Crippen molar-refractivity contribution in [1.82, 2.24) is 19.9 Å². The molecule has 156 valence electrons. The third-order valence-corrected chi connectivity index (χ3v) is 5.37. The monoisotopic (exact) mass is 414 g/mol. The van der Waals surface area contributed by atoms with Crippen molar-refractivity contribution < 1.29 is 9.15 Å². The van der Waals surface area contributed by atoms with E-state index in [1.165, 1.54) is 5.69 Å². The van der Waals surface area contributed by atoms with E-state index < -0.39 is 0 Å². The SMILES string of the molecule is COc1ccc(N2CCN(c3ncc(-c4cnccn4)c(-c4ccco4)n3)CC2)cc1. The normalized spacial score (nSPS) is 14.0. The van der Waals surface area contributed by atoms with Gasteiger partial charge in [-0.05, 0) is 36.4 Å². The molecule has 8 nitrogen and oxygen atoms in total. The van der Waals surface area contributed by atoms with Crippen LogP contribution in [0.3, 0.4) is 0 Å². The number of hydrogen-bond donors (Lipinski definition) is 0. The maximum Gasteiger partial charge on any atom is 0.226 e. The molecule has 3 aromatic heterocycles. The lowest BCUT2D eigenvalue weighted by atomic mass is 10.1. The minimum Gasteiger partial charge on any atom is -0.497 e. The minimum absolute atomic E-state index is 0.682. The van der Waals surface area contributed by atoms with Crippen molar-refractivity contribution >= 4 is 11.6 Å². The molecule has 1 aromatic carbocycles. The van der Waals surface area contributed by atoms with Gasteiger partial charge in [-0.1, -0.05) is 0 Å². The van der Waals surface area contributed by atoms with Crippen molar-refractivity contribution in [2.75, 3.05) is 43.1 Å². The number of anilines is 2. The van der Waals surface area contributed by atoms with Crippen LogP contribution in [0.1, 0.15) is 0 Å². The van der Waals surface area contributed by atoms with Gasteiger partial charge in [-0.25, -0.2) is 9.97 Å². The molecule has 0 bridgehead atoms. The molecule has 0 saturated carbocycles. The van der Waals surface area contributed by atoms with Gasteiger partial charge in [0.25, 0.3) is 0 Å². The quantitative estimate of drug-likeness (QED) is 0.491. The number of benzene rings is 1. The highest BCUT2D eigenvalue weighted by atomic mass is 16.5. The number of rotatable bonds is 5. The van der Waals surface area contributed by atoms with Gasteiger partial charge in [0, 0.05) is 56.0 Å². The molecule has 0 unspecified atom stereocenters. The van der Waals surface area contributed by atoms with E-state index in [4.69, 9.17) is 14.1 Å². The number of hydrogen-bond acceptors (Lipinski definition) is 8. The van der Waals surface area contributed by atoms with Crippen molar-refractivity contribution in [3.05, 3.63) is 67.4 Å². The lowest BCUT2D eigenvalue weighted by molar-refractivity contribution is 0.415. The van der Waals surface area contributed by atoms with Crippen LogP contribution in [0.25, 0.3) is 22.7 Å². The molecule has 0 amide bonds. The molecule has 31 heavy (non-hydrogen) atoms. The molecule has 4 aromatic rings. The second kappa shape index (κ2) is 8.43. The van der Waals surface area contributed by atoms with Gasteiger partial charge >= 0.3 is 0 Å². The van der Waals surface area contributed by atoms with Crippen LogP contribution >= 0.6 is 0 Å². The maximum atomic E-state index is 5.64.